The van der Waals surface area contributed by atoms with Crippen molar-refractivity contribution in [3.63, 3.8) is 0 Å². The topological polar surface area (TPSA) is 84.7 Å². The van der Waals surface area contributed by atoms with Crippen molar-refractivity contribution in [1.82, 2.24) is 10.1 Å². The SMILES string of the molecule is COc1ccc(-c2cc(C)no2)cc1S(=O)(=O)Nc1ccc(CN2CCCCC2)cc1. The van der Waals surface area contributed by atoms with E-state index in [1.807, 2.05) is 19.1 Å². The van der Waals surface area contributed by atoms with Crippen molar-refractivity contribution in [2.24, 2.45) is 0 Å². The first-order valence-electron chi connectivity index (χ1n) is 10.4. The summed E-state index contributed by atoms with van der Waals surface area (Å²) < 4.78 is 39.5. The van der Waals surface area contributed by atoms with E-state index in [0.717, 1.165) is 25.3 Å². The van der Waals surface area contributed by atoms with Gasteiger partial charge >= 0.3 is 0 Å². The van der Waals surface area contributed by atoms with Crippen LogP contribution in [0.5, 0.6) is 5.75 Å². The zero-order valence-corrected chi connectivity index (χ0v) is 18.6. The molecule has 0 saturated carbocycles. The third kappa shape index (κ3) is 5.08. The summed E-state index contributed by atoms with van der Waals surface area (Å²) in [4.78, 5) is 2.48. The highest BCUT2D eigenvalue weighted by molar-refractivity contribution is 7.92. The van der Waals surface area contributed by atoms with Gasteiger partial charge in [-0.1, -0.05) is 23.7 Å². The molecule has 2 aromatic carbocycles. The fraction of sp³-hybridized carbons (Fsp3) is 0.348. The number of methoxy groups -OCH3 is 1. The Kier molecular flexibility index (Phi) is 6.29. The molecule has 0 unspecified atom stereocenters. The van der Waals surface area contributed by atoms with E-state index < -0.39 is 10.0 Å². The Morgan fingerprint density at radius 3 is 2.45 bits per heavy atom. The molecule has 4 rings (SSSR count). The van der Waals surface area contributed by atoms with Gasteiger partial charge in [0.2, 0.25) is 0 Å². The molecule has 7 nitrogen and oxygen atoms in total. The summed E-state index contributed by atoms with van der Waals surface area (Å²) in [6, 6.07) is 14.2. The van der Waals surface area contributed by atoms with E-state index in [1.54, 1.807) is 30.3 Å². The minimum absolute atomic E-state index is 0.0407. The minimum atomic E-state index is -3.87. The Labute approximate surface area is 183 Å². The number of ether oxygens (including phenoxy) is 1. The molecule has 1 saturated heterocycles. The van der Waals surface area contributed by atoms with Crippen molar-refractivity contribution in [2.75, 3.05) is 24.9 Å². The van der Waals surface area contributed by atoms with E-state index in [4.69, 9.17) is 9.26 Å². The van der Waals surface area contributed by atoms with Crippen LogP contribution in [0.4, 0.5) is 5.69 Å². The van der Waals surface area contributed by atoms with Gasteiger partial charge in [-0.3, -0.25) is 9.62 Å². The number of aromatic nitrogens is 1. The smallest absolute Gasteiger partial charge is 0.265 e. The Morgan fingerprint density at radius 2 is 1.81 bits per heavy atom. The van der Waals surface area contributed by atoms with Gasteiger partial charge in [0.1, 0.15) is 10.6 Å². The fourth-order valence-corrected chi connectivity index (χ4v) is 5.06. The molecule has 3 aromatic rings. The second-order valence-corrected chi connectivity index (χ2v) is 9.49. The molecule has 1 aliphatic rings. The van der Waals surface area contributed by atoms with Crippen LogP contribution in [0, 0.1) is 6.92 Å². The second kappa shape index (κ2) is 9.11. The van der Waals surface area contributed by atoms with Crippen LogP contribution in [0.2, 0.25) is 0 Å². The van der Waals surface area contributed by atoms with Gasteiger partial charge in [0.25, 0.3) is 10.0 Å². The molecule has 1 fully saturated rings. The molecule has 8 heteroatoms. The number of anilines is 1. The monoisotopic (exact) mass is 441 g/mol. The van der Waals surface area contributed by atoms with E-state index >= 15 is 0 Å². The van der Waals surface area contributed by atoms with Gasteiger partial charge in [-0.15, -0.1) is 0 Å². The zero-order valence-electron chi connectivity index (χ0n) is 17.8. The summed E-state index contributed by atoms with van der Waals surface area (Å²) in [5.41, 5.74) is 3.01. The number of rotatable bonds is 7. The number of hydrogen-bond donors (Lipinski definition) is 1. The van der Waals surface area contributed by atoms with Crippen LogP contribution in [0.1, 0.15) is 30.5 Å². The van der Waals surface area contributed by atoms with Crippen LogP contribution in [0.3, 0.4) is 0 Å². The summed E-state index contributed by atoms with van der Waals surface area (Å²) in [7, 11) is -2.42. The zero-order chi connectivity index (χ0) is 21.8. The molecule has 1 N–H and O–H groups in total. The molecule has 0 radical (unpaired) electrons. The first-order valence-corrected chi connectivity index (χ1v) is 11.9. The fourth-order valence-electron chi connectivity index (χ4n) is 3.80. The highest BCUT2D eigenvalue weighted by Crippen LogP contribution is 2.31. The van der Waals surface area contributed by atoms with Crippen LogP contribution in [0.25, 0.3) is 11.3 Å². The van der Waals surface area contributed by atoms with Crippen LogP contribution in [-0.2, 0) is 16.6 Å². The molecule has 164 valence electrons. The van der Waals surface area contributed by atoms with Crippen molar-refractivity contribution in [1.29, 1.82) is 0 Å². The maximum Gasteiger partial charge on any atom is 0.265 e. The molecule has 2 heterocycles. The molecule has 31 heavy (non-hydrogen) atoms. The van der Waals surface area contributed by atoms with Crippen LogP contribution >= 0.6 is 0 Å². The predicted octanol–water partition coefficient (Wildman–Crippen LogP) is 4.45. The Hall–Kier alpha value is -2.84. The molecule has 0 spiro atoms. The predicted molar refractivity (Wildman–Crippen MR) is 120 cm³/mol. The molecular formula is C23H27N3O4S. The van der Waals surface area contributed by atoms with Crippen LogP contribution < -0.4 is 9.46 Å². The Bertz CT molecular complexity index is 1130. The lowest BCUT2D eigenvalue weighted by Crippen LogP contribution is -2.29. The number of hydrogen-bond acceptors (Lipinski definition) is 6. The van der Waals surface area contributed by atoms with E-state index in [2.05, 4.69) is 14.8 Å². The number of nitrogens with zero attached hydrogens (tertiary/aromatic N) is 2. The molecule has 0 bridgehead atoms. The third-order valence-electron chi connectivity index (χ3n) is 5.43. The highest BCUT2D eigenvalue weighted by atomic mass is 32.2. The molecule has 0 amide bonds. The van der Waals surface area contributed by atoms with E-state index in [9.17, 15) is 8.42 Å². The van der Waals surface area contributed by atoms with Gasteiger partial charge < -0.3 is 9.26 Å². The molecule has 0 aliphatic carbocycles. The van der Waals surface area contributed by atoms with E-state index in [1.165, 1.54) is 38.0 Å². The van der Waals surface area contributed by atoms with E-state index in [0.29, 0.717) is 17.0 Å². The average Bonchev–Trinajstić information content (AvgIpc) is 3.21. The average molecular weight is 442 g/mol. The lowest BCUT2D eigenvalue weighted by atomic mass is 10.1. The summed E-state index contributed by atoms with van der Waals surface area (Å²) in [6.45, 7) is 4.94. The number of aryl methyl sites for hydroxylation is 1. The second-order valence-electron chi connectivity index (χ2n) is 7.84. The minimum Gasteiger partial charge on any atom is -0.495 e. The van der Waals surface area contributed by atoms with Gasteiger partial charge in [0, 0.05) is 23.9 Å². The molecule has 1 aromatic heterocycles. The Balaban J connectivity index is 1.54. The number of benzene rings is 2. The lowest BCUT2D eigenvalue weighted by Gasteiger charge is -2.26. The van der Waals surface area contributed by atoms with Crippen molar-refractivity contribution >= 4 is 15.7 Å². The normalized spacial score (nSPS) is 15.0. The van der Waals surface area contributed by atoms with Gasteiger partial charge in [-0.25, -0.2) is 8.42 Å². The maximum absolute atomic E-state index is 13.1. The van der Waals surface area contributed by atoms with Crippen molar-refractivity contribution in [2.45, 2.75) is 37.6 Å². The molecular weight excluding hydrogens is 414 g/mol. The highest BCUT2D eigenvalue weighted by Gasteiger charge is 2.22. The summed E-state index contributed by atoms with van der Waals surface area (Å²) in [6.07, 6.45) is 3.79. The quantitative estimate of drug-likeness (QED) is 0.583. The summed E-state index contributed by atoms with van der Waals surface area (Å²) in [5, 5.41) is 3.87. The third-order valence-corrected chi connectivity index (χ3v) is 6.83. The summed E-state index contributed by atoms with van der Waals surface area (Å²) >= 11 is 0. The van der Waals surface area contributed by atoms with Crippen molar-refractivity contribution in [3.8, 4) is 17.1 Å². The lowest BCUT2D eigenvalue weighted by molar-refractivity contribution is 0.221. The largest absolute Gasteiger partial charge is 0.495 e. The number of nitrogens with one attached hydrogen (secondary N) is 1. The maximum atomic E-state index is 13.1. The van der Waals surface area contributed by atoms with E-state index in [-0.39, 0.29) is 10.6 Å². The number of sulfonamides is 1. The first kappa shape index (κ1) is 21.4. The molecule has 0 atom stereocenters. The molecule has 1 aliphatic heterocycles. The van der Waals surface area contributed by atoms with Gasteiger partial charge in [0.05, 0.1) is 12.8 Å². The van der Waals surface area contributed by atoms with Crippen molar-refractivity contribution in [3.05, 3.63) is 59.8 Å². The van der Waals surface area contributed by atoms with Gasteiger partial charge in [-0.05, 0) is 68.8 Å². The standard InChI is InChI=1S/C23H27N3O4S/c1-17-14-22(30-24-17)19-8-11-21(29-2)23(15-19)31(27,28)25-20-9-6-18(7-10-20)16-26-12-4-3-5-13-26/h6-11,14-15,25H,3-5,12-13,16H2,1-2H3. The van der Waals surface area contributed by atoms with Crippen molar-refractivity contribution < 1.29 is 17.7 Å². The van der Waals surface area contributed by atoms with Gasteiger partial charge in [0.15, 0.2) is 5.76 Å². The first-order chi connectivity index (χ1) is 14.9. The Morgan fingerprint density at radius 1 is 1.06 bits per heavy atom. The number of piperidine rings is 1. The van der Waals surface area contributed by atoms with Gasteiger partial charge in [-0.2, -0.15) is 0 Å². The van der Waals surface area contributed by atoms with Crippen LogP contribution in [0.15, 0.2) is 57.9 Å². The van der Waals surface area contributed by atoms with Crippen LogP contribution in [-0.4, -0.2) is 38.7 Å². The number of likely N-dealkylation sites (tertiary alicyclic amines) is 1. The summed E-state index contributed by atoms with van der Waals surface area (Å²) in [5.74, 6) is 0.757.